The number of rotatable bonds is 4. The van der Waals surface area contributed by atoms with Gasteiger partial charge in [-0.25, -0.2) is 4.98 Å². The highest BCUT2D eigenvalue weighted by Crippen LogP contribution is 2.18. The molecule has 1 saturated heterocycles. The van der Waals surface area contributed by atoms with E-state index in [2.05, 4.69) is 17.2 Å². The van der Waals surface area contributed by atoms with E-state index < -0.39 is 0 Å². The molecule has 8 heteroatoms. The van der Waals surface area contributed by atoms with Gasteiger partial charge in [-0.15, -0.1) is 36.2 Å². The molecule has 1 atom stereocenters. The molecule has 0 aliphatic carbocycles. The molecule has 0 unspecified atom stereocenters. The molecule has 1 N–H and O–H groups in total. The van der Waals surface area contributed by atoms with Gasteiger partial charge in [0.1, 0.15) is 12.4 Å². The molecule has 5 nitrogen and oxygen atoms in total. The molecule has 0 radical (unpaired) electrons. The van der Waals surface area contributed by atoms with Crippen LogP contribution in [0.3, 0.4) is 0 Å². The van der Waals surface area contributed by atoms with Gasteiger partial charge in [-0.1, -0.05) is 6.07 Å². The van der Waals surface area contributed by atoms with Crippen LogP contribution in [0.5, 0.6) is 5.75 Å². The lowest BCUT2D eigenvalue weighted by molar-refractivity contribution is 0.0655. The van der Waals surface area contributed by atoms with E-state index in [9.17, 15) is 4.79 Å². The number of piperazine rings is 1. The number of hydrogen-bond acceptors (Lipinski definition) is 5. The van der Waals surface area contributed by atoms with Crippen LogP contribution in [0.2, 0.25) is 0 Å². The maximum Gasteiger partial charge on any atom is 0.254 e. The van der Waals surface area contributed by atoms with Crippen molar-refractivity contribution in [2.45, 2.75) is 19.6 Å². The molecule has 0 bridgehead atoms. The van der Waals surface area contributed by atoms with Crippen LogP contribution in [0.1, 0.15) is 23.0 Å². The quantitative estimate of drug-likeness (QED) is 0.872. The summed E-state index contributed by atoms with van der Waals surface area (Å²) in [6, 6.07) is 7.58. The minimum Gasteiger partial charge on any atom is -0.487 e. The molecule has 132 valence electrons. The number of nitrogens with zero attached hydrogens (tertiary/aromatic N) is 2. The number of benzene rings is 1. The van der Waals surface area contributed by atoms with Crippen LogP contribution in [0.4, 0.5) is 0 Å². The Morgan fingerprint density at radius 2 is 2.29 bits per heavy atom. The van der Waals surface area contributed by atoms with Crippen LogP contribution < -0.4 is 10.1 Å². The van der Waals surface area contributed by atoms with Crippen molar-refractivity contribution in [1.82, 2.24) is 15.2 Å². The Labute approximate surface area is 158 Å². The molecular formula is C16H21Cl2N3O2S. The Morgan fingerprint density at radius 1 is 1.46 bits per heavy atom. The first-order chi connectivity index (χ1) is 10.7. The van der Waals surface area contributed by atoms with E-state index in [1.807, 2.05) is 34.5 Å². The summed E-state index contributed by atoms with van der Waals surface area (Å²) in [5.41, 5.74) is 3.35. The van der Waals surface area contributed by atoms with Gasteiger partial charge in [-0.05, 0) is 25.1 Å². The van der Waals surface area contributed by atoms with E-state index in [0.717, 1.165) is 25.3 Å². The van der Waals surface area contributed by atoms with Gasteiger partial charge in [0.25, 0.3) is 5.91 Å². The van der Waals surface area contributed by atoms with Crippen LogP contribution in [0, 0.1) is 0 Å². The predicted molar refractivity (Wildman–Crippen MR) is 101 cm³/mol. The average Bonchev–Trinajstić information content (AvgIpc) is 3.06. The number of ether oxygens (including phenoxy) is 1. The van der Waals surface area contributed by atoms with Crippen molar-refractivity contribution in [1.29, 1.82) is 0 Å². The predicted octanol–water partition coefficient (Wildman–Crippen LogP) is 3.00. The van der Waals surface area contributed by atoms with Gasteiger partial charge >= 0.3 is 0 Å². The molecular weight excluding hydrogens is 369 g/mol. The highest BCUT2D eigenvalue weighted by Gasteiger charge is 2.24. The monoisotopic (exact) mass is 389 g/mol. The van der Waals surface area contributed by atoms with Gasteiger partial charge in [0, 0.05) is 36.6 Å². The largest absolute Gasteiger partial charge is 0.487 e. The summed E-state index contributed by atoms with van der Waals surface area (Å²) in [5, 5.41) is 5.25. The maximum absolute atomic E-state index is 12.6. The summed E-state index contributed by atoms with van der Waals surface area (Å²) < 4.78 is 5.72. The molecule has 2 heterocycles. The number of thiazole rings is 1. The molecule has 24 heavy (non-hydrogen) atoms. The first kappa shape index (κ1) is 20.7. The fraction of sp³-hybridized carbons (Fsp3) is 0.375. The minimum atomic E-state index is 0. The maximum atomic E-state index is 12.6. The zero-order valence-corrected chi connectivity index (χ0v) is 15.8. The second-order valence-electron chi connectivity index (χ2n) is 5.35. The lowest BCUT2D eigenvalue weighted by atomic mass is 10.1. The number of carbonyl (C=O) groups is 1. The van der Waals surface area contributed by atoms with E-state index in [-0.39, 0.29) is 36.8 Å². The van der Waals surface area contributed by atoms with Crippen molar-refractivity contribution < 1.29 is 9.53 Å². The normalized spacial score (nSPS) is 16.7. The zero-order chi connectivity index (χ0) is 15.4. The third-order valence-corrected chi connectivity index (χ3v) is 4.35. The molecule has 1 aliphatic heterocycles. The SMILES string of the molecule is C[C@@H]1CNCCN1C(=O)c1cccc(OCc2cscn2)c1.Cl.Cl. The van der Waals surface area contributed by atoms with Gasteiger partial charge in [0.15, 0.2) is 0 Å². The molecule has 1 aromatic heterocycles. The molecule has 1 fully saturated rings. The second-order valence-corrected chi connectivity index (χ2v) is 6.07. The highest BCUT2D eigenvalue weighted by atomic mass is 35.5. The minimum absolute atomic E-state index is 0. The number of amides is 1. The standard InChI is InChI=1S/C16H19N3O2S.2ClH/c1-12-8-17-5-6-19(12)16(20)13-3-2-4-15(7-13)21-9-14-10-22-11-18-14;;/h2-4,7,10-12,17H,5-6,8-9H2,1H3;2*1H/t12-;;/m1../s1. The summed E-state index contributed by atoms with van der Waals surface area (Å²) in [6.07, 6.45) is 0. The Morgan fingerprint density at radius 3 is 3.00 bits per heavy atom. The zero-order valence-electron chi connectivity index (χ0n) is 13.3. The van der Waals surface area contributed by atoms with E-state index in [1.54, 1.807) is 16.8 Å². The van der Waals surface area contributed by atoms with Gasteiger partial charge in [-0.3, -0.25) is 4.79 Å². The molecule has 0 saturated carbocycles. The third kappa shape index (κ3) is 5.08. The summed E-state index contributed by atoms with van der Waals surface area (Å²) in [5.74, 6) is 0.759. The van der Waals surface area contributed by atoms with Crippen LogP contribution in [0.15, 0.2) is 35.2 Å². The third-order valence-electron chi connectivity index (χ3n) is 3.71. The van der Waals surface area contributed by atoms with Crippen molar-refractivity contribution in [2.75, 3.05) is 19.6 Å². The Bertz CT molecular complexity index is 640. The van der Waals surface area contributed by atoms with Crippen molar-refractivity contribution in [2.24, 2.45) is 0 Å². The van der Waals surface area contributed by atoms with Crippen molar-refractivity contribution in [3.63, 3.8) is 0 Å². The Hall–Kier alpha value is -1.34. The van der Waals surface area contributed by atoms with E-state index in [4.69, 9.17) is 4.74 Å². The topological polar surface area (TPSA) is 54.5 Å². The fourth-order valence-corrected chi connectivity index (χ4v) is 3.04. The number of halogens is 2. The second kappa shape index (κ2) is 9.84. The van der Waals surface area contributed by atoms with E-state index in [0.29, 0.717) is 17.9 Å². The highest BCUT2D eigenvalue weighted by molar-refractivity contribution is 7.07. The molecule has 0 spiro atoms. The van der Waals surface area contributed by atoms with Crippen LogP contribution in [0.25, 0.3) is 0 Å². The number of carbonyl (C=O) groups excluding carboxylic acids is 1. The average molecular weight is 390 g/mol. The Balaban J connectivity index is 0.00000144. The van der Waals surface area contributed by atoms with Gasteiger partial charge in [-0.2, -0.15) is 0 Å². The number of nitrogens with one attached hydrogen (secondary N) is 1. The van der Waals surface area contributed by atoms with Crippen LogP contribution >= 0.6 is 36.2 Å². The molecule has 3 rings (SSSR count). The van der Waals surface area contributed by atoms with Gasteiger partial charge in [0.05, 0.1) is 11.2 Å². The van der Waals surface area contributed by atoms with Gasteiger partial charge < -0.3 is 15.0 Å². The summed E-state index contributed by atoms with van der Waals surface area (Å²) >= 11 is 1.54. The van der Waals surface area contributed by atoms with Crippen LogP contribution in [-0.2, 0) is 6.61 Å². The van der Waals surface area contributed by atoms with E-state index in [1.165, 1.54) is 0 Å². The lowest BCUT2D eigenvalue weighted by Gasteiger charge is -2.34. The van der Waals surface area contributed by atoms with Crippen LogP contribution in [-0.4, -0.2) is 41.5 Å². The van der Waals surface area contributed by atoms with Gasteiger partial charge in [0.2, 0.25) is 0 Å². The van der Waals surface area contributed by atoms with E-state index >= 15 is 0 Å². The van der Waals surface area contributed by atoms with Crippen molar-refractivity contribution in [3.8, 4) is 5.75 Å². The molecule has 2 aromatic rings. The number of hydrogen-bond donors (Lipinski definition) is 1. The number of aromatic nitrogens is 1. The van der Waals surface area contributed by atoms with Crippen molar-refractivity contribution >= 4 is 42.1 Å². The first-order valence-corrected chi connectivity index (χ1v) is 8.30. The Kier molecular flexibility index (Phi) is 8.48. The fourth-order valence-electron chi connectivity index (χ4n) is 2.49. The summed E-state index contributed by atoms with van der Waals surface area (Å²) in [6.45, 7) is 4.91. The summed E-state index contributed by atoms with van der Waals surface area (Å²) in [4.78, 5) is 18.7. The molecule has 1 amide bonds. The molecule has 1 aromatic carbocycles. The summed E-state index contributed by atoms with van der Waals surface area (Å²) in [7, 11) is 0. The smallest absolute Gasteiger partial charge is 0.254 e. The molecule has 1 aliphatic rings. The first-order valence-electron chi connectivity index (χ1n) is 7.35. The lowest BCUT2D eigenvalue weighted by Crippen LogP contribution is -2.52. The van der Waals surface area contributed by atoms with Crippen molar-refractivity contribution in [3.05, 3.63) is 46.4 Å².